The molecule has 0 spiro atoms. The summed E-state index contributed by atoms with van der Waals surface area (Å²) in [6.07, 6.45) is -4.42. The standard InChI is InChI=1S/C32H28F3N3O4S2/c1-3-40-29(39)17-41-26-14-13-25(15-20(26)2)43-18-23-16-27(21-9-11-24(12-10-21)32(33,34)35)42-28(23)19-44-31-36-30(37-38-31)22-7-5-4-6-8-22/h4-16H,3,17-19H2,1-2H3,(H,36,37,38). The Morgan fingerprint density at radius 3 is 2.43 bits per heavy atom. The number of aryl methyl sites for hydroxylation is 1. The molecule has 0 unspecified atom stereocenters. The molecule has 0 aliphatic carbocycles. The summed E-state index contributed by atoms with van der Waals surface area (Å²) >= 11 is 2.97. The van der Waals surface area contributed by atoms with E-state index in [-0.39, 0.29) is 6.61 Å². The molecule has 0 aliphatic rings. The molecule has 7 nitrogen and oxygen atoms in total. The minimum Gasteiger partial charge on any atom is -0.482 e. The zero-order chi connectivity index (χ0) is 31.1. The minimum absolute atomic E-state index is 0.165. The third-order valence-corrected chi connectivity index (χ3v) is 8.32. The Morgan fingerprint density at radius 2 is 1.73 bits per heavy atom. The first-order valence-electron chi connectivity index (χ1n) is 13.6. The van der Waals surface area contributed by atoms with Gasteiger partial charge in [0.2, 0.25) is 5.16 Å². The van der Waals surface area contributed by atoms with Gasteiger partial charge in [-0.2, -0.15) is 13.2 Å². The smallest absolute Gasteiger partial charge is 0.416 e. The van der Waals surface area contributed by atoms with Crippen molar-refractivity contribution >= 4 is 29.5 Å². The van der Waals surface area contributed by atoms with Crippen molar-refractivity contribution in [3.8, 4) is 28.5 Å². The number of nitrogens with one attached hydrogen (secondary N) is 1. The number of thioether (sulfide) groups is 2. The summed E-state index contributed by atoms with van der Waals surface area (Å²) in [6.45, 7) is 3.76. The van der Waals surface area contributed by atoms with Crippen molar-refractivity contribution < 1.29 is 31.9 Å². The molecule has 0 amide bonds. The zero-order valence-corrected chi connectivity index (χ0v) is 25.4. The lowest BCUT2D eigenvalue weighted by Crippen LogP contribution is -2.14. The number of aromatic amines is 1. The molecule has 0 aliphatic heterocycles. The molecule has 2 aromatic heterocycles. The number of carbonyl (C=O) groups excluding carboxylic acids is 1. The second-order valence-electron chi connectivity index (χ2n) is 9.57. The number of hydrogen-bond donors (Lipinski definition) is 1. The molecule has 0 radical (unpaired) electrons. The minimum atomic E-state index is -4.42. The molecular formula is C32H28F3N3O4S2. The summed E-state index contributed by atoms with van der Waals surface area (Å²) in [5, 5.41) is 7.82. The first-order valence-corrected chi connectivity index (χ1v) is 15.6. The van der Waals surface area contributed by atoms with Gasteiger partial charge in [0.1, 0.15) is 17.3 Å². The molecule has 5 rings (SSSR count). The van der Waals surface area contributed by atoms with Gasteiger partial charge in [0.25, 0.3) is 0 Å². The normalized spacial score (nSPS) is 11.5. The van der Waals surface area contributed by atoms with E-state index in [0.717, 1.165) is 33.7 Å². The number of halogens is 3. The van der Waals surface area contributed by atoms with E-state index in [4.69, 9.17) is 13.9 Å². The van der Waals surface area contributed by atoms with Gasteiger partial charge in [-0.15, -0.1) is 16.9 Å². The van der Waals surface area contributed by atoms with Crippen LogP contribution in [0.15, 0.2) is 93.3 Å². The summed E-state index contributed by atoms with van der Waals surface area (Å²) in [5.74, 6) is 2.93. The fraction of sp³-hybridized carbons (Fsp3) is 0.219. The number of ether oxygens (including phenoxy) is 2. The monoisotopic (exact) mass is 639 g/mol. The van der Waals surface area contributed by atoms with Crippen LogP contribution >= 0.6 is 23.5 Å². The number of carbonyl (C=O) groups is 1. The van der Waals surface area contributed by atoms with Crippen molar-refractivity contribution in [2.24, 2.45) is 0 Å². The molecule has 0 fully saturated rings. The number of esters is 1. The van der Waals surface area contributed by atoms with Gasteiger partial charge in [0.15, 0.2) is 12.4 Å². The van der Waals surface area contributed by atoms with Gasteiger partial charge in [-0.05, 0) is 55.8 Å². The van der Waals surface area contributed by atoms with E-state index in [1.54, 1.807) is 18.7 Å². The Bertz CT molecular complexity index is 1700. The van der Waals surface area contributed by atoms with Crippen LogP contribution in [0.2, 0.25) is 0 Å². The van der Waals surface area contributed by atoms with Gasteiger partial charge in [-0.3, -0.25) is 5.10 Å². The SMILES string of the molecule is CCOC(=O)COc1ccc(SCc2cc(-c3ccc(C(F)(F)F)cc3)oc2CSc2n[nH]c(-c3ccccc3)n2)cc1C. The van der Waals surface area contributed by atoms with Gasteiger partial charge >= 0.3 is 12.1 Å². The summed E-state index contributed by atoms with van der Waals surface area (Å²) in [5.41, 5.74) is 2.51. The average Bonchev–Trinajstić information content (AvgIpc) is 3.66. The predicted molar refractivity (Wildman–Crippen MR) is 163 cm³/mol. The summed E-state index contributed by atoms with van der Waals surface area (Å²) in [6, 6.07) is 22.1. The Labute approximate surface area is 260 Å². The topological polar surface area (TPSA) is 90.2 Å². The number of benzene rings is 3. The molecule has 2 heterocycles. The van der Waals surface area contributed by atoms with Crippen LogP contribution in [0, 0.1) is 6.92 Å². The van der Waals surface area contributed by atoms with Crippen LogP contribution < -0.4 is 4.74 Å². The molecule has 1 N–H and O–H groups in total. The Kier molecular flexibility index (Phi) is 10.0. The van der Waals surface area contributed by atoms with Gasteiger partial charge in [-0.25, -0.2) is 9.78 Å². The van der Waals surface area contributed by atoms with Crippen LogP contribution in [0.4, 0.5) is 13.2 Å². The van der Waals surface area contributed by atoms with Gasteiger partial charge in [0, 0.05) is 27.3 Å². The van der Waals surface area contributed by atoms with Gasteiger partial charge in [-0.1, -0.05) is 54.2 Å². The van der Waals surface area contributed by atoms with Crippen LogP contribution in [0.3, 0.4) is 0 Å². The largest absolute Gasteiger partial charge is 0.482 e. The third-order valence-electron chi connectivity index (χ3n) is 6.43. The number of nitrogens with zero attached hydrogens (tertiary/aromatic N) is 2. The van der Waals surface area contributed by atoms with Gasteiger partial charge in [0.05, 0.1) is 17.9 Å². The molecule has 228 valence electrons. The highest BCUT2D eigenvalue weighted by molar-refractivity contribution is 7.98. The quantitative estimate of drug-likeness (QED) is 0.107. The first-order chi connectivity index (χ1) is 21.2. The molecule has 12 heteroatoms. The highest BCUT2D eigenvalue weighted by atomic mass is 32.2. The van der Waals surface area contributed by atoms with Crippen molar-refractivity contribution in [1.29, 1.82) is 0 Å². The maximum absolute atomic E-state index is 13.1. The second-order valence-corrected chi connectivity index (χ2v) is 11.6. The van der Waals surface area contributed by atoms with E-state index < -0.39 is 17.7 Å². The molecule has 3 aromatic carbocycles. The average molecular weight is 640 g/mol. The second kappa shape index (κ2) is 14.1. The molecule has 0 bridgehead atoms. The molecule has 5 aromatic rings. The van der Waals surface area contributed by atoms with E-state index in [0.29, 0.717) is 51.9 Å². The molecule has 0 saturated carbocycles. The summed E-state index contributed by atoms with van der Waals surface area (Å²) < 4.78 is 56.0. The van der Waals surface area contributed by atoms with E-state index in [1.165, 1.54) is 23.9 Å². The molecular weight excluding hydrogens is 611 g/mol. The van der Waals surface area contributed by atoms with Crippen LogP contribution in [0.5, 0.6) is 5.75 Å². The third kappa shape index (κ3) is 8.06. The number of hydrogen-bond acceptors (Lipinski definition) is 8. The number of aromatic nitrogens is 3. The number of alkyl halides is 3. The van der Waals surface area contributed by atoms with Crippen LogP contribution in [-0.4, -0.2) is 34.4 Å². The van der Waals surface area contributed by atoms with Crippen LogP contribution in [0.1, 0.15) is 29.4 Å². The summed E-state index contributed by atoms with van der Waals surface area (Å²) in [7, 11) is 0. The number of furan rings is 1. The maximum Gasteiger partial charge on any atom is 0.416 e. The Morgan fingerprint density at radius 1 is 0.955 bits per heavy atom. The van der Waals surface area contributed by atoms with Crippen molar-refractivity contribution in [2.45, 2.75) is 41.6 Å². The van der Waals surface area contributed by atoms with Gasteiger partial charge < -0.3 is 13.9 Å². The molecule has 44 heavy (non-hydrogen) atoms. The fourth-order valence-electron chi connectivity index (χ4n) is 4.22. The number of H-pyrrole nitrogens is 1. The zero-order valence-electron chi connectivity index (χ0n) is 23.8. The Hall–Kier alpha value is -4.16. The molecule has 0 atom stereocenters. The van der Waals surface area contributed by atoms with Crippen LogP contribution in [-0.2, 0) is 27.2 Å². The lowest BCUT2D eigenvalue weighted by atomic mass is 10.1. The van der Waals surface area contributed by atoms with Crippen molar-refractivity contribution in [2.75, 3.05) is 13.2 Å². The first kappa shape index (κ1) is 31.3. The van der Waals surface area contributed by atoms with E-state index in [2.05, 4.69) is 15.2 Å². The van der Waals surface area contributed by atoms with E-state index in [9.17, 15) is 18.0 Å². The van der Waals surface area contributed by atoms with Crippen LogP contribution in [0.25, 0.3) is 22.7 Å². The highest BCUT2D eigenvalue weighted by Gasteiger charge is 2.30. The van der Waals surface area contributed by atoms with Crippen molar-refractivity contribution in [1.82, 2.24) is 15.2 Å². The van der Waals surface area contributed by atoms with E-state index in [1.807, 2.05) is 61.5 Å². The van der Waals surface area contributed by atoms with Crippen molar-refractivity contribution in [3.63, 3.8) is 0 Å². The lowest BCUT2D eigenvalue weighted by molar-refractivity contribution is -0.145. The van der Waals surface area contributed by atoms with E-state index >= 15 is 0 Å². The predicted octanol–water partition coefficient (Wildman–Crippen LogP) is 8.59. The number of rotatable bonds is 12. The fourth-order valence-corrected chi connectivity index (χ4v) is 5.98. The highest BCUT2D eigenvalue weighted by Crippen LogP contribution is 2.36. The summed E-state index contributed by atoms with van der Waals surface area (Å²) in [4.78, 5) is 17.2. The van der Waals surface area contributed by atoms with Crippen molar-refractivity contribution in [3.05, 3.63) is 101 Å². The Balaban J connectivity index is 1.32. The molecule has 0 saturated heterocycles. The lowest BCUT2D eigenvalue weighted by Gasteiger charge is -2.10. The maximum atomic E-state index is 13.1.